The quantitative estimate of drug-likeness (QED) is 0.0345. The summed E-state index contributed by atoms with van der Waals surface area (Å²) in [6.07, 6.45) is 53.7. The van der Waals surface area contributed by atoms with Crippen LogP contribution in [0.2, 0.25) is 0 Å². The summed E-state index contributed by atoms with van der Waals surface area (Å²) in [6, 6.07) is 0. The lowest BCUT2D eigenvalue weighted by Crippen LogP contribution is -2.30. The average molecular weight is 849 g/mol. The summed E-state index contributed by atoms with van der Waals surface area (Å²) >= 11 is 0. The van der Waals surface area contributed by atoms with Crippen molar-refractivity contribution in [1.82, 2.24) is 0 Å². The first kappa shape index (κ1) is 58.4. The number of hydrogen-bond acceptors (Lipinski definition) is 6. The predicted molar refractivity (Wildman–Crippen MR) is 257 cm³/mol. The molecule has 0 bridgehead atoms. The van der Waals surface area contributed by atoms with E-state index >= 15 is 0 Å². The van der Waals surface area contributed by atoms with Crippen molar-refractivity contribution in [2.45, 2.75) is 316 Å². The van der Waals surface area contributed by atoms with Crippen molar-refractivity contribution >= 4 is 17.9 Å². The number of hydrogen-bond donors (Lipinski definition) is 0. The minimum Gasteiger partial charge on any atom is -0.462 e. The zero-order valence-electron chi connectivity index (χ0n) is 40.8. The molecule has 0 radical (unpaired) electrons. The first-order valence-electron chi connectivity index (χ1n) is 27.0. The van der Waals surface area contributed by atoms with E-state index in [1.807, 2.05) is 0 Å². The second-order valence-electron chi connectivity index (χ2n) is 18.5. The fourth-order valence-electron chi connectivity index (χ4n) is 8.27. The third-order valence-electron chi connectivity index (χ3n) is 12.4. The van der Waals surface area contributed by atoms with Crippen LogP contribution < -0.4 is 0 Å². The number of esters is 3. The van der Waals surface area contributed by atoms with Crippen molar-refractivity contribution in [3.8, 4) is 0 Å². The van der Waals surface area contributed by atoms with Crippen LogP contribution in [-0.4, -0.2) is 37.2 Å². The van der Waals surface area contributed by atoms with Gasteiger partial charge in [-0.15, -0.1) is 0 Å². The second-order valence-corrected chi connectivity index (χ2v) is 18.5. The Morgan fingerprint density at radius 2 is 0.450 bits per heavy atom. The second kappa shape index (κ2) is 50.1. The molecule has 0 rings (SSSR count). The molecule has 0 saturated heterocycles. The van der Waals surface area contributed by atoms with E-state index in [9.17, 15) is 14.4 Å². The van der Waals surface area contributed by atoms with Crippen molar-refractivity contribution in [3.05, 3.63) is 0 Å². The Bertz CT molecular complexity index is 889. The van der Waals surface area contributed by atoms with Gasteiger partial charge in [0.05, 0.1) is 0 Å². The van der Waals surface area contributed by atoms with Crippen molar-refractivity contribution in [2.24, 2.45) is 0 Å². The zero-order chi connectivity index (χ0) is 43.7. The zero-order valence-corrected chi connectivity index (χ0v) is 40.8. The molecule has 0 spiro atoms. The first-order chi connectivity index (χ1) is 29.5. The molecule has 6 nitrogen and oxygen atoms in total. The summed E-state index contributed by atoms with van der Waals surface area (Å²) in [5.74, 6) is -0.838. The van der Waals surface area contributed by atoms with Crippen molar-refractivity contribution in [2.75, 3.05) is 13.2 Å². The van der Waals surface area contributed by atoms with Gasteiger partial charge in [-0.1, -0.05) is 271 Å². The van der Waals surface area contributed by atoms with Crippen molar-refractivity contribution in [1.29, 1.82) is 0 Å². The Labute approximate surface area is 374 Å². The number of unbranched alkanes of at least 4 members (excludes halogenated alkanes) is 39. The molecule has 0 fully saturated rings. The summed E-state index contributed by atoms with van der Waals surface area (Å²) in [6.45, 7) is 6.68. The van der Waals surface area contributed by atoms with E-state index in [2.05, 4.69) is 20.8 Å². The van der Waals surface area contributed by atoms with Crippen LogP contribution in [0, 0.1) is 0 Å². The van der Waals surface area contributed by atoms with Crippen LogP contribution in [0.1, 0.15) is 310 Å². The average Bonchev–Trinajstić information content (AvgIpc) is 3.24. The van der Waals surface area contributed by atoms with Crippen LogP contribution >= 0.6 is 0 Å². The number of ether oxygens (including phenoxy) is 3. The molecule has 0 aromatic heterocycles. The highest BCUT2D eigenvalue weighted by molar-refractivity contribution is 5.71. The predicted octanol–water partition coefficient (Wildman–Crippen LogP) is 17.6. The van der Waals surface area contributed by atoms with Crippen LogP contribution in [0.15, 0.2) is 0 Å². The van der Waals surface area contributed by atoms with Gasteiger partial charge in [0.1, 0.15) is 13.2 Å². The van der Waals surface area contributed by atoms with Gasteiger partial charge in [0.15, 0.2) is 6.10 Å². The molecule has 60 heavy (non-hydrogen) atoms. The van der Waals surface area contributed by atoms with Crippen LogP contribution in [0.25, 0.3) is 0 Å². The Morgan fingerprint density at radius 3 is 0.667 bits per heavy atom. The molecule has 0 aliphatic heterocycles. The lowest BCUT2D eigenvalue weighted by Gasteiger charge is -2.18. The highest BCUT2D eigenvalue weighted by Gasteiger charge is 2.19. The molecular weight excluding hydrogens is 745 g/mol. The Morgan fingerprint density at radius 1 is 0.267 bits per heavy atom. The molecule has 0 saturated carbocycles. The van der Waals surface area contributed by atoms with Gasteiger partial charge in [-0.25, -0.2) is 0 Å². The molecule has 0 aliphatic carbocycles. The Hall–Kier alpha value is -1.59. The standard InChI is InChI=1S/C54H104O6/c1-4-7-10-13-16-19-22-24-26-27-28-30-32-35-38-41-44-47-53(56)59-50-51(49-58-52(55)46-43-40-37-34-31-21-18-15-12-9-6-3)60-54(57)48-45-42-39-36-33-29-25-23-20-17-14-11-8-5-2/h51H,4-50H2,1-3H3/t51-/m0/s1. The van der Waals surface area contributed by atoms with Crippen LogP contribution in [0.4, 0.5) is 0 Å². The fourth-order valence-corrected chi connectivity index (χ4v) is 8.27. The summed E-state index contributed by atoms with van der Waals surface area (Å²) < 4.78 is 16.8. The molecular formula is C54H104O6. The van der Waals surface area contributed by atoms with E-state index in [-0.39, 0.29) is 31.1 Å². The van der Waals surface area contributed by atoms with Gasteiger partial charge >= 0.3 is 17.9 Å². The fraction of sp³-hybridized carbons (Fsp3) is 0.944. The van der Waals surface area contributed by atoms with Gasteiger partial charge in [0, 0.05) is 19.3 Å². The Balaban J connectivity index is 4.27. The number of rotatable bonds is 50. The van der Waals surface area contributed by atoms with Crippen molar-refractivity contribution < 1.29 is 28.6 Å². The lowest BCUT2D eigenvalue weighted by atomic mass is 10.0. The number of carbonyl (C=O) groups excluding carboxylic acids is 3. The van der Waals surface area contributed by atoms with E-state index in [1.165, 1.54) is 212 Å². The third-order valence-corrected chi connectivity index (χ3v) is 12.4. The molecule has 0 unspecified atom stereocenters. The topological polar surface area (TPSA) is 78.9 Å². The highest BCUT2D eigenvalue weighted by atomic mass is 16.6. The summed E-state index contributed by atoms with van der Waals surface area (Å²) in [5.41, 5.74) is 0. The molecule has 0 aromatic carbocycles. The van der Waals surface area contributed by atoms with Crippen LogP contribution in [-0.2, 0) is 28.6 Å². The van der Waals surface area contributed by atoms with Gasteiger partial charge in [0.25, 0.3) is 0 Å². The molecule has 1 atom stereocenters. The lowest BCUT2D eigenvalue weighted by molar-refractivity contribution is -0.167. The van der Waals surface area contributed by atoms with Crippen molar-refractivity contribution in [3.63, 3.8) is 0 Å². The smallest absolute Gasteiger partial charge is 0.306 e. The van der Waals surface area contributed by atoms with Gasteiger partial charge in [-0.3, -0.25) is 14.4 Å². The summed E-state index contributed by atoms with van der Waals surface area (Å²) in [5, 5.41) is 0. The molecule has 0 amide bonds. The van der Waals surface area contributed by atoms with E-state index in [0.29, 0.717) is 19.3 Å². The minimum atomic E-state index is -0.759. The normalized spacial score (nSPS) is 11.8. The van der Waals surface area contributed by atoms with E-state index in [1.54, 1.807) is 0 Å². The van der Waals surface area contributed by atoms with Gasteiger partial charge in [-0.2, -0.15) is 0 Å². The van der Waals surface area contributed by atoms with E-state index in [0.717, 1.165) is 57.8 Å². The number of carbonyl (C=O) groups is 3. The van der Waals surface area contributed by atoms with E-state index in [4.69, 9.17) is 14.2 Å². The SMILES string of the molecule is CCCCCCCCCCCCCCCCCCCC(=O)OC[C@H](COC(=O)CCCCCCCCCCCCC)OC(=O)CCCCCCCCCCCCCCCC. The molecule has 6 heteroatoms. The molecule has 356 valence electrons. The van der Waals surface area contributed by atoms with Crippen LogP contribution in [0.3, 0.4) is 0 Å². The van der Waals surface area contributed by atoms with Gasteiger partial charge in [-0.05, 0) is 19.3 Å². The molecule has 0 aromatic rings. The Kier molecular flexibility index (Phi) is 48.7. The maximum atomic E-state index is 12.8. The maximum absolute atomic E-state index is 12.8. The highest BCUT2D eigenvalue weighted by Crippen LogP contribution is 2.17. The largest absolute Gasteiger partial charge is 0.462 e. The van der Waals surface area contributed by atoms with E-state index < -0.39 is 6.10 Å². The third kappa shape index (κ3) is 47.5. The first-order valence-corrected chi connectivity index (χ1v) is 27.0. The summed E-state index contributed by atoms with van der Waals surface area (Å²) in [4.78, 5) is 38.0. The maximum Gasteiger partial charge on any atom is 0.306 e. The minimum absolute atomic E-state index is 0.0615. The van der Waals surface area contributed by atoms with Crippen LogP contribution in [0.5, 0.6) is 0 Å². The van der Waals surface area contributed by atoms with Gasteiger partial charge < -0.3 is 14.2 Å². The molecule has 0 heterocycles. The molecule has 0 aliphatic rings. The molecule has 0 N–H and O–H groups in total. The summed E-state index contributed by atoms with van der Waals surface area (Å²) in [7, 11) is 0. The monoisotopic (exact) mass is 849 g/mol. The van der Waals surface area contributed by atoms with Gasteiger partial charge in [0.2, 0.25) is 0 Å².